The van der Waals surface area contributed by atoms with Crippen molar-refractivity contribution in [2.75, 3.05) is 5.32 Å². The number of rotatable bonds is 3. The lowest BCUT2D eigenvalue weighted by molar-refractivity contribution is 1.15. The molecule has 0 aromatic carbocycles. The monoisotopic (exact) mass is 289 g/mol. The lowest BCUT2D eigenvalue weighted by Crippen LogP contribution is -1.99. The van der Waals surface area contributed by atoms with Crippen LogP contribution in [0.2, 0.25) is 5.15 Å². The van der Waals surface area contributed by atoms with Gasteiger partial charge < -0.3 is 5.32 Å². The van der Waals surface area contributed by atoms with Gasteiger partial charge in [0.25, 0.3) is 0 Å². The Balaban J connectivity index is 1.88. The molecular weight excluding hydrogens is 282 g/mol. The van der Waals surface area contributed by atoms with E-state index in [1.54, 1.807) is 24.5 Å². The number of nitrogens with one attached hydrogen (secondary N) is 1. The summed E-state index contributed by atoms with van der Waals surface area (Å²) in [6, 6.07) is 7.13. The number of thiazole rings is 1. The maximum absolute atomic E-state index is 5.82. The van der Waals surface area contributed by atoms with E-state index in [1.807, 2.05) is 17.5 Å². The van der Waals surface area contributed by atoms with Gasteiger partial charge in [-0.3, -0.25) is 0 Å². The summed E-state index contributed by atoms with van der Waals surface area (Å²) >= 11 is 7.35. The van der Waals surface area contributed by atoms with Gasteiger partial charge in [-0.1, -0.05) is 17.7 Å². The van der Waals surface area contributed by atoms with Crippen LogP contribution in [-0.2, 0) is 0 Å². The SMILES string of the molecule is Clc1cccc(Nc2nccc(-c3nccs3)n2)n1. The zero-order valence-corrected chi connectivity index (χ0v) is 11.2. The first-order chi connectivity index (χ1) is 9.31. The van der Waals surface area contributed by atoms with E-state index in [0.717, 1.165) is 10.7 Å². The summed E-state index contributed by atoms with van der Waals surface area (Å²) in [4.78, 5) is 16.9. The third-order valence-electron chi connectivity index (χ3n) is 2.26. The van der Waals surface area contributed by atoms with Gasteiger partial charge in [-0.2, -0.15) is 0 Å². The Bertz CT molecular complexity index is 686. The first kappa shape index (κ1) is 12.0. The first-order valence-electron chi connectivity index (χ1n) is 5.44. The average Bonchev–Trinajstić information content (AvgIpc) is 2.93. The molecule has 3 aromatic rings. The van der Waals surface area contributed by atoms with E-state index in [4.69, 9.17) is 11.6 Å². The van der Waals surface area contributed by atoms with Gasteiger partial charge in [-0.15, -0.1) is 11.3 Å². The second-order valence-corrected chi connectivity index (χ2v) is 4.86. The van der Waals surface area contributed by atoms with E-state index in [-0.39, 0.29) is 0 Å². The lowest BCUT2D eigenvalue weighted by atomic mass is 10.4. The molecule has 94 valence electrons. The van der Waals surface area contributed by atoms with Crippen LogP contribution in [0.1, 0.15) is 0 Å². The third-order valence-corrected chi connectivity index (χ3v) is 3.27. The molecule has 0 radical (unpaired) electrons. The summed E-state index contributed by atoms with van der Waals surface area (Å²) in [5.74, 6) is 1.06. The van der Waals surface area contributed by atoms with Gasteiger partial charge in [0.2, 0.25) is 5.95 Å². The second kappa shape index (κ2) is 5.29. The third kappa shape index (κ3) is 2.86. The molecule has 0 bridgehead atoms. The molecule has 3 heterocycles. The van der Waals surface area contributed by atoms with E-state index in [2.05, 4.69) is 25.3 Å². The highest BCUT2D eigenvalue weighted by Gasteiger charge is 2.05. The molecule has 0 spiro atoms. The van der Waals surface area contributed by atoms with Gasteiger partial charge in [-0.25, -0.2) is 19.9 Å². The predicted molar refractivity (Wildman–Crippen MR) is 75.7 cm³/mol. The van der Waals surface area contributed by atoms with Gasteiger partial charge in [0, 0.05) is 17.8 Å². The van der Waals surface area contributed by atoms with Crippen molar-refractivity contribution in [3.63, 3.8) is 0 Å². The smallest absolute Gasteiger partial charge is 0.228 e. The van der Waals surface area contributed by atoms with Crippen molar-refractivity contribution in [3.8, 4) is 10.7 Å². The van der Waals surface area contributed by atoms with Crippen LogP contribution in [0.15, 0.2) is 42.0 Å². The average molecular weight is 290 g/mol. The maximum atomic E-state index is 5.82. The Hall–Kier alpha value is -2.05. The minimum Gasteiger partial charge on any atom is -0.309 e. The zero-order chi connectivity index (χ0) is 13.1. The molecule has 0 aliphatic rings. The van der Waals surface area contributed by atoms with Crippen molar-refractivity contribution in [2.45, 2.75) is 0 Å². The van der Waals surface area contributed by atoms with Gasteiger partial charge in [-0.05, 0) is 18.2 Å². The van der Waals surface area contributed by atoms with E-state index in [0.29, 0.717) is 16.9 Å². The highest BCUT2D eigenvalue weighted by molar-refractivity contribution is 7.13. The fourth-order valence-corrected chi connectivity index (χ4v) is 2.25. The van der Waals surface area contributed by atoms with Crippen LogP contribution in [0, 0.1) is 0 Å². The van der Waals surface area contributed by atoms with Gasteiger partial charge in [0.1, 0.15) is 21.7 Å². The Kier molecular flexibility index (Phi) is 3.35. The largest absolute Gasteiger partial charge is 0.309 e. The summed E-state index contributed by atoms with van der Waals surface area (Å²) in [6.07, 6.45) is 3.42. The maximum Gasteiger partial charge on any atom is 0.228 e. The molecule has 0 fully saturated rings. The molecule has 0 saturated carbocycles. The first-order valence-corrected chi connectivity index (χ1v) is 6.69. The highest BCUT2D eigenvalue weighted by atomic mass is 35.5. The molecule has 0 aliphatic heterocycles. The van der Waals surface area contributed by atoms with Crippen molar-refractivity contribution in [3.05, 3.63) is 47.2 Å². The summed E-state index contributed by atoms with van der Waals surface area (Å²) < 4.78 is 0. The molecule has 3 rings (SSSR count). The Morgan fingerprint density at radius 1 is 1.05 bits per heavy atom. The standard InChI is InChI=1S/C12H8ClN5S/c13-9-2-1-3-10(17-9)18-12-15-5-4-8(16-12)11-14-6-7-19-11/h1-7H,(H,15,16,17,18). The van der Waals surface area contributed by atoms with Crippen LogP contribution in [0.5, 0.6) is 0 Å². The number of nitrogens with zero attached hydrogens (tertiary/aromatic N) is 4. The predicted octanol–water partition coefficient (Wildman–Crippen LogP) is 3.39. The minimum atomic E-state index is 0.418. The van der Waals surface area contributed by atoms with Crippen LogP contribution in [-0.4, -0.2) is 19.9 Å². The molecule has 0 unspecified atom stereocenters. The number of halogens is 1. The molecule has 5 nitrogen and oxygen atoms in total. The highest BCUT2D eigenvalue weighted by Crippen LogP contribution is 2.21. The summed E-state index contributed by atoms with van der Waals surface area (Å²) in [6.45, 7) is 0. The summed E-state index contributed by atoms with van der Waals surface area (Å²) in [5, 5.41) is 6.18. The van der Waals surface area contributed by atoms with Crippen molar-refractivity contribution in [2.24, 2.45) is 0 Å². The van der Waals surface area contributed by atoms with E-state index < -0.39 is 0 Å². The number of aromatic nitrogens is 4. The van der Waals surface area contributed by atoms with Crippen LogP contribution >= 0.6 is 22.9 Å². The van der Waals surface area contributed by atoms with Crippen LogP contribution < -0.4 is 5.32 Å². The second-order valence-electron chi connectivity index (χ2n) is 3.57. The molecule has 3 aromatic heterocycles. The van der Waals surface area contributed by atoms with Gasteiger partial charge in [0.05, 0.1) is 0 Å². The molecule has 19 heavy (non-hydrogen) atoms. The molecule has 0 atom stereocenters. The Morgan fingerprint density at radius 2 is 2.00 bits per heavy atom. The lowest BCUT2D eigenvalue weighted by Gasteiger charge is -2.04. The minimum absolute atomic E-state index is 0.418. The van der Waals surface area contributed by atoms with Crippen molar-refractivity contribution in [1.82, 2.24) is 19.9 Å². The summed E-state index contributed by atoms with van der Waals surface area (Å²) in [7, 11) is 0. The molecular formula is C12H8ClN5S. The van der Waals surface area contributed by atoms with Crippen LogP contribution in [0.3, 0.4) is 0 Å². The van der Waals surface area contributed by atoms with E-state index >= 15 is 0 Å². The molecule has 1 N–H and O–H groups in total. The van der Waals surface area contributed by atoms with Crippen LogP contribution in [0.25, 0.3) is 10.7 Å². The zero-order valence-electron chi connectivity index (χ0n) is 9.62. The number of hydrogen-bond donors (Lipinski definition) is 1. The topological polar surface area (TPSA) is 63.6 Å². The molecule has 7 heteroatoms. The summed E-state index contributed by atoms with van der Waals surface area (Å²) in [5.41, 5.74) is 0.773. The fraction of sp³-hybridized carbons (Fsp3) is 0. The quantitative estimate of drug-likeness (QED) is 0.749. The van der Waals surface area contributed by atoms with Crippen molar-refractivity contribution >= 4 is 34.7 Å². The van der Waals surface area contributed by atoms with Gasteiger partial charge >= 0.3 is 0 Å². The molecule has 0 amide bonds. The van der Waals surface area contributed by atoms with Crippen LogP contribution in [0.4, 0.5) is 11.8 Å². The molecule has 0 saturated heterocycles. The Morgan fingerprint density at radius 3 is 2.79 bits per heavy atom. The normalized spacial score (nSPS) is 10.4. The van der Waals surface area contributed by atoms with Crippen molar-refractivity contribution in [1.29, 1.82) is 0 Å². The number of pyridine rings is 1. The van der Waals surface area contributed by atoms with E-state index in [9.17, 15) is 0 Å². The fourth-order valence-electron chi connectivity index (χ4n) is 1.48. The van der Waals surface area contributed by atoms with Crippen molar-refractivity contribution < 1.29 is 0 Å². The molecule has 0 aliphatic carbocycles. The Labute approximate surface area is 118 Å². The van der Waals surface area contributed by atoms with E-state index in [1.165, 1.54) is 11.3 Å². The number of hydrogen-bond acceptors (Lipinski definition) is 6. The number of anilines is 2. The van der Waals surface area contributed by atoms with Gasteiger partial charge in [0.15, 0.2) is 0 Å².